The van der Waals surface area contributed by atoms with E-state index in [0.717, 1.165) is 38.2 Å². The normalized spacial score (nSPS) is 19.5. The van der Waals surface area contributed by atoms with Crippen LogP contribution in [0.4, 0.5) is 0 Å². The summed E-state index contributed by atoms with van der Waals surface area (Å²) in [5.41, 5.74) is 0. The van der Waals surface area contributed by atoms with E-state index in [0.29, 0.717) is 11.7 Å². The molecule has 1 aliphatic rings. The maximum absolute atomic E-state index is 11.7. The fraction of sp³-hybridized carbons (Fsp3) is 0.615. The van der Waals surface area contributed by atoms with Crippen molar-refractivity contribution in [3.8, 4) is 0 Å². The van der Waals surface area contributed by atoms with Crippen molar-refractivity contribution < 1.29 is 9.21 Å². The van der Waals surface area contributed by atoms with Gasteiger partial charge in [0, 0.05) is 13.0 Å². The van der Waals surface area contributed by atoms with Crippen molar-refractivity contribution >= 4 is 5.91 Å². The average Bonchev–Trinajstić information content (AvgIpc) is 2.99. The van der Waals surface area contributed by atoms with Gasteiger partial charge in [0.25, 0.3) is 5.91 Å². The minimum absolute atomic E-state index is 0.101. The van der Waals surface area contributed by atoms with Crippen LogP contribution in [0.3, 0.4) is 0 Å². The number of nitrogens with one attached hydrogen (secondary N) is 2. The third kappa shape index (κ3) is 3.33. The van der Waals surface area contributed by atoms with Crippen LogP contribution in [-0.2, 0) is 6.42 Å². The van der Waals surface area contributed by atoms with Gasteiger partial charge >= 0.3 is 0 Å². The Morgan fingerprint density at radius 2 is 2.47 bits per heavy atom. The lowest BCUT2D eigenvalue weighted by atomic mass is 10.1. The fourth-order valence-corrected chi connectivity index (χ4v) is 2.13. The predicted molar refractivity (Wildman–Crippen MR) is 66.0 cm³/mol. The Morgan fingerprint density at radius 3 is 3.12 bits per heavy atom. The van der Waals surface area contributed by atoms with Crippen LogP contribution < -0.4 is 10.6 Å². The van der Waals surface area contributed by atoms with Gasteiger partial charge in [0.2, 0.25) is 0 Å². The van der Waals surface area contributed by atoms with Crippen molar-refractivity contribution in [2.45, 2.75) is 26.2 Å². The van der Waals surface area contributed by atoms with E-state index in [1.807, 2.05) is 13.0 Å². The van der Waals surface area contributed by atoms with Crippen LogP contribution >= 0.6 is 0 Å². The summed E-state index contributed by atoms with van der Waals surface area (Å²) in [5, 5.41) is 6.22. The highest BCUT2D eigenvalue weighted by molar-refractivity contribution is 5.91. The second-order valence-corrected chi connectivity index (χ2v) is 4.52. The molecular weight excluding hydrogens is 216 g/mol. The zero-order chi connectivity index (χ0) is 12.1. The number of carbonyl (C=O) groups excluding carboxylic acids is 1. The zero-order valence-corrected chi connectivity index (χ0v) is 10.3. The van der Waals surface area contributed by atoms with E-state index in [4.69, 9.17) is 4.42 Å². The molecule has 0 bridgehead atoms. The van der Waals surface area contributed by atoms with E-state index in [1.165, 1.54) is 6.42 Å². The maximum atomic E-state index is 11.7. The number of furan rings is 1. The first-order chi connectivity index (χ1) is 8.29. The predicted octanol–water partition coefficient (Wildman–Crippen LogP) is 1.57. The fourth-order valence-electron chi connectivity index (χ4n) is 2.13. The number of amides is 1. The molecule has 1 saturated heterocycles. The zero-order valence-electron chi connectivity index (χ0n) is 10.3. The van der Waals surface area contributed by atoms with Crippen LogP contribution in [0.25, 0.3) is 0 Å². The number of hydrogen-bond acceptors (Lipinski definition) is 3. The summed E-state index contributed by atoms with van der Waals surface area (Å²) in [6.07, 6.45) is 3.08. The summed E-state index contributed by atoms with van der Waals surface area (Å²) >= 11 is 0. The molecule has 0 radical (unpaired) electrons. The van der Waals surface area contributed by atoms with Gasteiger partial charge in [0.1, 0.15) is 5.76 Å². The smallest absolute Gasteiger partial charge is 0.286 e. The lowest BCUT2D eigenvalue weighted by Crippen LogP contribution is -2.26. The summed E-state index contributed by atoms with van der Waals surface area (Å²) in [6.45, 7) is 4.92. The lowest BCUT2D eigenvalue weighted by molar-refractivity contribution is 0.0922. The third-order valence-corrected chi connectivity index (χ3v) is 3.23. The highest BCUT2D eigenvalue weighted by atomic mass is 16.3. The van der Waals surface area contributed by atoms with Crippen molar-refractivity contribution in [1.82, 2.24) is 10.6 Å². The SMILES string of the molecule is CCc1ccc(C(=O)NCCC2CCNC2)o1. The molecule has 1 aromatic rings. The molecule has 1 unspecified atom stereocenters. The highest BCUT2D eigenvalue weighted by Gasteiger charge is 2.15. The topological polar surface area (TPSA) is 54.3 Å². The van der Waals surface area contributed by atoms with Crippen LogP contribution in [0.5, 0.6) is 0 Å². The average molecular weight is 236 g/mol. The third-order valence-electron chi connectivity index (χ3n) is 3.23. The quantitative estimate of drug-likeness (QED) is 0.816. The Balaban J connectivity index is 1.72. The minimum Gasteiger partial charge on any atom is -0.456 e. The Labute approximate surface area is 102 Å². The number of carbonyl (C=O) groups is 1. The van der Waals surface area contributed by atoms with Crippen molar-refractivity contribution in [3.05, 3.63) is 23.7 Å². The second-order valence-electron chi connectivity index (χ2n) is 4.52. The van der Waals surface area contributed by atoms with Gasteiger partial charge in [-0.2, -0.15) is 0 Å². The molecule has 4 nitrogen and oxygen atoms in total. The van der Waals surface area contributed by atoms with Crippen molar-refractivity contribution in [3.63, 3.8) is 0 Å². The number of hydrogen-bond donors (Lipinski definition) is 2. The van der Waals surface area contributed by atoms with E-state index < -0.39 is 0 Å². The molecule has 0 aliphatic carbocycles. The molecule has 17 heavy (non-hydrogen) atoms. The van der Waals surface area contributed by atoms with Gasteiger partial charge in [-0.05, 0) is 44.0 Å². The molecule has 2 heterocycles. The molecule has 1 aliphatic heterocycles. The van der Waals surface area contributed by atoms with Gasteiger partial charge in [-0.3, -0.25) is 4.79 Å². The largest absolute Gasteiger partial charge is 0.456 e. The molecule has 0 aromatic carbocycles. The Bertz CT molecular complexity index is 367. The van der Waals surface area contributed by atoms with Gasteiger partial charge in [-0.15, -0.1) is 0 Å². The first-order valence-electron chi connectivity index (χ1n) is 6.37. The van der Waals surface area contributed by atoms with Crippen molar-refractivity contribution in [1.29, 1.82) is 0 Å². The summed E-state index contributed by atoms with van der Waals surface area (Å²) in [6, 6.07) is 3.60. The molecule has 4 heteroatoms. The van der Waals surface area contributed by atoms with Crippen LogP contribution in [-0.4, -0.2) is 25.5 Å². The molecule has 1 atom stereocenters. The summed E-state index contributed by atoms with van der Waals surface area (Å²) < 4.78 is 5.39. The summed E-state index contributed by atoms with van der Waals surface area (Å²) in [5.74, 6) is 1.88. The first kappa shape index (κ1) is 12.2. The molecule has 0 spiro atoms. The van der Waals surface area contributed by atoms with Gasteiger partial charge in [-0.25, -0.2) is 0 Å². The molecule has 1 aromatic heterocycles. The van der Waals surface area contributed by atoms with Gasteiger partial charge in [0.15, 0.2) is 5.76 Å². The minimum atomic E-state index is -0.101. The number of aryl methyl sites for hydroxylation is 1. The van der Waals surface area contributed by atoms with E-state index in [-0.39, 0.29) is 5.91 Å². The van der Waals surface area contributed by atoms with Crippen molar-refractivity contribution in [2.24, 2.45) is 5.92 Å². The van der Waals surface area contributed by atoms with Gasteiger partial charge < -0.3 is 15.1 Å². The second kappa shape index (κ2) is 5.87. The maximum Gasteiger partial charge on any atom is 0.286 e. The molecule has 2 N–H and O–H groups in total. The molecule has 2 rings (SSSR count). The Hall–Kier alpha value is -1.29. The van der Waals surface area contributed by atoms with Crippen molar-refractivity contribution in [2.75, 3.05) is 19.6 Å². The summed E-state index contributed by atoms with van der Waals surface area (Å²) in [4.78, 5) is 11.7. The standard InChI is InChI=1S/C13H20N2O2/c1-2-11-3-4-12(17-11)13(16)15-8-6-10-5-7-14-9-10/h3-4,10,14H,2,5-9H2,1H3,(H,15,16). The highest BCUT2D eigenvalue weighted by Crippen LogP contribution is 2.11. The van der Waals surface area contributed by atoms with Crippen LogP contribution in [0, 0.1) is 5.92 Å². The number of rotatable bonds is 5. The molecule has 94 valence electrons. The monoisotopic (exact) mass is 236 g/mol. The van der Waals surface area contributed by atoms with Crippen LogP contribution in [0.2, 0.25) is 0 Å². The van der Waals surface area contributed by atoms with Crippen LogP contribution in [0.15, 0.2) is 16.5 Å². The molecular formula is C13H20N2O2. The Kier molecular flexibility index (Phi) is 4.20. The van der Waals surface area contributed by atoms with E-state index in [2.05, 4.69) is 10.6 Å². The van der Waals surface area contributed by atoms with Crippen LogP contribution in [0.1, 0.15) is 36.1 Å². The first-order valence-corrected chi connectivity index (χ1v) is 6.37. The van der Waals surface area contributed by atoms with E-state index in [9.17, 15) is 4.79 Å². The van der Waals surface area contributed by atoms with Gasteiger partial charge in [-0.1, -0.05) is 6.92 Å². The molecule has 0 saturated carbocycles. The molecule has 1 amide bonds. The Morgan fingerprint density at radius 1 is 1.59 bits per heavy atom. The summed E-state index contributed by atoms with van der Waals surface area (Å²) in [7, 11) is 0. The lowest BCUT2D eigenvalue weighted by Gasteiger charge is -2.08. The van der Waals surface area contributed by atoms with E-state index >= 15 is 0 Å². The molecule has 1 fully saturated rings. The van der Waals surface area contributed by atoms with Gasteiger partial charge in [0.05, 0.1) is 0 Å². The van der Waals surface area contributed by atoms with E-state index in [1.54, 1.807) is 6.07 Å².